The van der Waals surface area contributed by atoms with E-state index in [-0.39, 0.29) is 0 Å². The Morgan fingerprint density at radius 3 is 2.52 bits per heavy atom. The lowest BCUT2D eigenvalue weighted by molar-refractivity contribution is 0.0541. The van der Waals surface area contributed by atoms with Crippen LogP contribution in [0.4, 0.5) is 16.3 Å². The Hall–Kier alpha value is -1.98. The number of hydrazine groups is 1. The number of amides is 1. The SMILES string of the molecule is CC(C)(C)OC(=O)NNc1ccc(N2CCCCC2)nc1. The van der Waals surface area contributed by atoms with Crippen LogP contribution in [0.25, 0.3) is 0 Å². The summed E-state index contributed by atoms with van der Waals surface area (Å²) in [7, 11) is 0. The Morgan fingerprint density at radius 2 is 1.95 bits per heavy atom. The number of carbonyl (C=O) groups excluding carboxylic acids is 1. The minimum atomic E-state index is -0.512. The first-order chi connectivity index (χ1) is 9.94. The molecule has 1 aromatic heterocycles. The van der Waals surface area contributed by atoms with Gasteiger partial charge in [0.1, 0.15) is 11.4 Å². The van der Waals surface area contributed by atoms with Gasteiger partial charge in [0.05, 0.1) is 11.9 Å². The van der Waals surface area contributed by atoms with Gasteiger partial charge in [0, 0.05) is 13.1 Å². The normalized spacial score (nSPS) is 15.5. The summed E-state index contributed by atoms with van der Waals surface area (Å²) in [6.45, 7) is 7.59. The zero-order valence-corrected chi connectivity index (χ0v) is 13.0. The van der Waals surface area contributed by atoms with E-state index < -0.39 is 11.7 Å². The van der Waals surface area contributed by atoms with Crippen molar-refractivity contribution >= 4 is 17.6 Å². The highest BCUT2D eigenvalue weighted by atomic mass is 16.6. The van der Waals surface area contributed by atoms with Gasteiger partial charge in [-0.3, -0.25) is 5.43 Å². The molecule has 2 N–H and O–H groups in total. The summed E-state index contributed by atoms with van der Waals surface area (Å²) >= 11 is 0. The van der Waals surface area contributed by atoms with Crippen LogP contribution in [0, 0.1) is 0 Å². The molecule has 0 aliphatic carbocycles. The van der Waals surface area contributed by atoms with E-state index in [4.69, 9.17) is 4.74 Å². The second kappa shape index (κ2) is 6.65. The van der Waals surface area contributed by atoms with Crippen LogP contribution in [0.1, 0.15) is 40.0 Å². The topological polar surface area (TPSA) is 66.5 Å². The summed E-state index contributed by atoms with van der Waals surface area (Å²) in [6.07, 6.45) is 4.95. The smallest absolute Gasteiger partial charge is 0.426 e. The summed E-state index contributed by atoms with van der Waals surface area (Å²) in [5, 5.41) is 0. The van der Waals surface area contributed by atoms with Crippen LogP contribution in [0.5, 0.6) is 0 Å². The highest BCUT2D eigenvalue weighted by molar-refractivity contribution is 5.69. The fourth-order valence-electron chi connectivity index (χ4n) is 2.20. The van der Waals surface area contributed by atoms with Crippen LogP contribution in [-0.2, 0) is 4.74 Å². The summed E-state index contributed by atoms with van der Waals surface area (Å²) < 4.78 is 5.14. The second-order valence-corrected chi connectivity index (χ2v) is 6.20. The predicted molar refractivity (Wildman–Crippen MR) is 83.3 cm³/mol. The molecule has 2 heterocycles. The lowest BCUT2D eigenvalue weighted by atomic mass is 10.1. The zero-order chi connectivity index (χ0) is 15.3. The fourth-order valence-corrected chi connectivity index (χ4v) is 2.20. The van der Waals surface area contributed by atoms with Crippen LogP contribution >= 0.6 is 0 Å². The van der Waals surface area contributed by atoms with Crippen molar-refractivity contribution in [3.63, 3.8) is 0 Å². The van der Waals surface area contributed by atoms with E-state index in [0.29, 0.717) is 0 Å². The number of pyridine rings is 1. The van der Waals surface area contributed by atoms with Gasteiger partial charge in [0.25, 0.3) is 0 Å². The highest BCUT2D eigenvalue weighted by Crippen LogP contribution is 2.18. The molecule has 0 atom stereocenters. The maximum atomic E-state index is 11.5. The first-order valence-electron chi connectivity index (χ1n) is 7.40. The molecule has 0 radical (unpaired) electrons. The summed E-state index contributed by atoms with van der Waals surface area (Å²) in [5.41, 5.74) is 5.49. The Morgan fingerprint density at radius 1 is 1.24 bits per heavy atom. The number of piperidine rings is 1. The number of carbonyl (C=O) groups is 1. The van der Waals surface area contributed by atoms with Crippen LogP contribution in [0.15, 0.2) is 18.3 Å². The average molecular weight is 292 g/mol. The highest BCUT2D eigenvalue weighted by Gasteiger charge is 2.16. The monoisotopic (exact) mass is 292 g/mol. The van der Waals surface area contributed by atoms with Gasteiger partial charge in [-0.15, -0.1) is 0 Å². The van der Waals surface area contributed by atoms with Crippen LogP contribution < -0.4 is 15.8 Å². The maximum Gasteiger partial charge on any atom is 0.426 e. The molecule has 0 saturated carbocycles. The largest absolute Gasteiger partial charge is 0.443 e. The molecule has 0 unspecified atom stereocenters. The molecule has 116 valence electrons. The molecule has 1 fully saturated rings. The third kappa shape index (κ3) is 5.13. The first-order valence-corrected chi connectivity index (χ1v) is 7.40. The number of nitrogens with zero attached hydrogens (tertiary/aromatic N) is 2. The quantitative estimate of drug-likeness (QED) is 0.839. The summed E-state index contributed by atoms with van der Waals surface area (Å²) in [4.78, 5) is 18.2. The van der Waals surface area contributed by atoms with Crippen molar-refractivity contribution in [1.82, 2.24) is 10.4 Å². The van der Waals surface area contributed by atoms with E-state index in [9.17, 15) is 4.79 Å². The molecule has 1 saturated heterocycles. The lowest BCUT2D eigenvalue weighted by Gasteiger charge is -2.27. The Balaban J connectivity index is 1.83. The lowest BCUT2D eigenvalue weighted by Crippen LogP contribution is -2.35. The molecule has 1 aromatic rings. The molecule has 0 aromatic carbocycles. The molecular weight excluding hydrogens is 268 g/mol. The molecule has 0 bridgehead atoms. The van der Waals surface area contributed by atoms with Gasteiger partial charge in [-0.1, -0.05) is 0 Å². The van der Waals surface area contributed by atoms with Gasteiger partial charge in [0.15, 0.2) is 0 Å². The molecule has 0 spiro atoms. The van der Waals surface area contributed by atoms with Gasteiger partial charge in [-0.05, 0) is 52.2 Å². The first kappa shape index (κ1) is 15.4. The molecule has 1 aliphatic rings. The fraction of sp³-hybridized carbons (Fsp3) is 0.600. The molecule has 21 heavy (non-hydrogen) atoms. The number of hydrogen-bond donors (Lipinski definition) is 2. The van der Waals surface area contributed by atoms with Crippen molar-refractivity contribution in [2.75, 3.05) is 23.4 Å². The van der Waals surface area contributed by atoms with E-state index in [0.717, 1.165) is 24.6 Å². The predicted octanol–water partition coefficient (Wildman–Crippen LogP) is 2.92. The van der Waals surface area contributed by atoms with E-state index in [1.54, 1.807) is 6.20 Å². The third-order valence-electron chi connectivity index (χ3n) is 3.14. The van der Waals surface area contributed by atoms with E-state index in [1.165, 1.54) is 19.3 Å². The Labute approximate surface area is 125 Å². The summed E-state index contributed by atoms with van der Waals surface area (Å²) in [6, 6.07) is 3.86. The summed E-state index contributed by atoms with van der Waals surface area (Å²) in [5.74, 6) is 0.984. The molecular formula is C15H24N4O2. The van der Waals surface area contributed by atoms with Crippen molar-refractivity contribution in [3.05, 3.63) is 18.3 Å². The van der Waals surface area contributed by atoms with Gasteiger partial charge < -0.3 is 9.64 Å². The number of hydrogen-bond acceptors (Lipinski definition) is 5. The molecule has 1 aliphatic heterocycles. The van der Waals surface area contributed by atoms with Gasteiger partial charge >= 0.3 is 6.09 Å². The van der Waals surface area contributed by atoms with E-state index >= 15 is 0 Å². The Bertz CT molecular complexity index is 462. The standard InChI is InChI=1S/C15H24N4O2/c1-15(2,3)21-14(20)18-17-12-7-8-13(16-11-12)19-9-5-4-6-10-19/h7-8,11,17H,4-6,9-10H2,1-3H3,(H,18,20). The van der Waals surface area contributed by atoms with Gasteiger partial charge in [-0.2, -0.15) is 0 Å². The average Bonchev–Trinajstić information content (AvgIpc) is 2.45. The zero-order valence-electron chi connectivity index (χ0n) is 13.0. The minimum Gasteiger partial charge on any atom is -0.443 e. The number of ether oxygens (including phenoxy) is 1. The number of nitrogens with one attached hydrogen (secondary N) is 2. The van der Waals surface area contributed by atoms with Crippen molar-refractivity contribution in [3.8, 4) is 0 Å². The molecule has 6 heteroatoms. The Kier molecular flexibility index (Phi) is 4.88. The maximum absolute atomic E-state index is 11.5. The molecule has 1 amide bonds. The van der Waals surface area contributed by atoms with Crippen LogP contribution in [0.2, 0.25) is 0 Å². The number of aromatic nitrogens is 1. The van der Waals surface area contributed by atoms with E-state index in [1.807, 2.05) is 32.9 Å². The number of rotatable bonds is 3. The van der Waals surface area contributed by atoms with Crippen LogP contribution in [-0.4, -0.2) is 29.8 Å². The third-order valence-corrected chi connectivity index (χ3v) is 3.14. The van der Waals surface area contributed by atoms with E-state index in [2.05, 4.69) is 20.7 Å². The second-order valence-electron chi connectivity index (χ2n) is 6.20. The van der Waals surface area contributed by atoms with Crippen molar-refractivity contribution in [2.24, 2.45) is 0 Å². The van der Waals surface area contributed by atoms with Crippen LogP contribution in [0.3, 0.4) is 0 Å². The van der Waals surface area contributed by atoms with Crippen molar-refractivity contribution < 1.29 is 9.53 Å². The minimum absolute atomic E-state index is 0.511. The number of anilines is 2. The molecule has 2 rings (SSSR count). The van der Waals surface area contributed by atoms with Crippen molar-refractivity contribution in [2.45, 2.75) is 45.6 Å². The van der Waals surface area contributed by atoms with Gasteiger partial charge in [0.2, 0.25) is 0 Å². The van der Waals surface area contributed by atoms with Crippen molar-refractivity contribution in [1.29, 1.82) is 0 Å². The molecule has 6 nitrogen and oxygen atoms in total. The van der Waals surface area contributed by atoms with Gasteiger partial charge in [-0.25, -0.2) is 15.2 Å².